The van der Waals surface area contributed by atoms with Gasteiger partial charge in [-0.15, -0.1) is 11.3 Å². The summed E-state index contributed by atoms with van der Waals surface area (Å²) < 4.78 is 10.7. The molecule has 0 bridgehead atoms. The number of furan rings is 1. The van der Waals surface area contributed by atoms with Crippen molar-refractivity contribution in [2.45, 2.75) is 13.0 Å². The molecule has 4 heteroatoms. The fourth-order valence-corrected chi connectivity index (χ4v) is 2.32. The van der Waals surface area contributed by atoms with Gasteiger partial charge in [-0.1, -0.05) is 0 Å². The molecule has 3 nitrogen and oxygen atoms in total. The van der Waals surface area contributed by atoms with Gasteiger partial charge in [-0.25, -0.2) is 0 Å². The molecule has 2 aromatic rings. The average molecular weight is 223 g/mol. The molecular weight excluding hydrogens is 210 g/mol. The number of aryl methyl sites for hydroxylation is 1. The number of rotatable bonds is 3. The molecule has 0 spiro atoms. The summed E-state index contributed by atoms with van der Waals surface area (Å²) in [5.41, 5.74) is 6.09. The molecule has 0 saturated carbocycles. The maximum Gasteiger partial charge on any atom is 0.134 e. The van der Waals surface area contributed by atoms with Crippen LogP contribution in [0.4, 0.5) is 0 Å². The van der Waals surface area contributed by atoms with E-state index in [4.69, 9.17) is 14.9 Å². The van der Waals surface area contributed by atoms with E-state index in [1.165, 1.54) is 0 Å². The number of thiophene rings is 1. The van der Waals surface area contributed by atoms with Crippen molar-refractivity contribution in [3.8, 4) is 5.75 Å². The van der Waals surface area contributed by atoms with Crippen LogP contribution in [-0.4, -0.2) is 7.11 Å². The maximum atomic E-state index is 6.09. The van der Waals surface area contributed by atoms with Crippen LogP contribution >= 0.6 is 11.3 Å². The highest BCUT2D eigenvalue weighted by atomic mass is 32.1. The predicted molar refractivity (Wildman–Crippen MR) is 60.3 cm³/mol. The summed E-state index contributed by atoms with van der Waals surface area (Å²) in [5.74, 6) is 2.46. The van der Waals surface area contributed by atoms with Crippen LogP contribution in [0, 0.1) is 6.92 Å². The Bertz CT molecular complexity index is 447. The normalized spacial score (nSPS) is 12.7. The number of hydrogen-bond donors (Lipinski definition) is 1. The first-order valence-electron chi connectivity index (χ1n) is 4.65. The van der Waals surface area contributed by atoms with Crippen molar-refractivity contribution in [1.29, 1.82) is 0 Å². The zero-order valence-electron chi connectivity index (χ0n) is 8.69. The SMILES string of the molecule is COc1ccsc1C(N)c1ccc(C)o1. The lowest BCUT2D eigenvalue weighted by Gasteiger charge is -2.08. The quantitative estimate of drug-likeness (QED) is 0.870. The summed E-state index contributed by atoms with van der Waals surface area (Å²) in [6.45, 7) is 1.90. The van der Waals surface area contributed by atoms with Gasteiger partial charge in [0.25, 0.3) is 0 Å². The first kappa shape index (κ1) is 10.3. The summed E-state index contributed by atoms with van der Waals surface area (Å²) in [6.07, 6.45) is 0. The Morgan fingerprint density at radius 2 is 2.20 bits per heavy atom. The lowest BCUT2D eigenvalue weighted by Crippen LogP contribution is -2.10. The smallest absolute Gasteiger partial charge is 0.134 e. The van der Waals surface area contributed by atoms with Gasteiger partial charge >= 0.3 is 0 Å². The van der Waals surface area contributed by atoms with Gasteiger partial charge in [0.2, 0.25) is 0 Å². The molecule has 15 heavy (non-hydrogen) atoms. The molecule has 0 aliphatic carbocycles. The van der Waals surface area contributed by atoms with E-state index in [9.17, 15) is 0 Å². The van der Waals surface area contributed by atoms with Crippen LogP contribution in [0.2, 0.25) is 0 Å². The van der Waals surface area contributed by atoms with Crippen molar-refractivity contribution in [2.24, 2.45) is 5.73 Å². The van der Waals surface area contributed by atoms with Crippen LogP contribution in [0.5, 0.6) is 5.75 Å². The van der Waals surface area contributed by atoms with Gasteiger partial charge in [-0.3, -0.25) is 0 Å². The minimum atomic E-state index is -0.242. The molecule has 2 heterocycles. The van der Waals surface area contributed by atoms with Gasteiger partial charge in [-0.2, -0.15) is 0 Å². The van der Waals surface area contributed by atoms with Crippen LogP contribution in [0.1, 0.15) is 22.4 Å². The molecule has 0 fully saturated rings. The number of nitrogens with two attached hydrogens (primary N) is 1. The summed E-state index contributed by atoms with van der Waals surface area (Å²) in [4.78, 5) is 0.992. The highest BCUT2D eigenvalue weighted by molar-refractivity contribution is 7.10. The number of methoxy groups -OCH3 is 1. The highest BCUT2D eigenvalue weighted by Gasteiger charge is 2.18. The zero-order chi connectivity index (χ0) is 10.8. The van der Waals surface area contributed by atoms with E-state index in [1.54, 1.807) is 18.4 Å². The Morgan fingerprint density at radius 3 is 2.80 bits per heavy atom. The Morgan fingerprint density at radius 1 is 1.40 bits per heavy atom. The standard InChI is InChI=1S/C11H13NO2S/c1-7-3-4-8(14-7)10(12)11-9(13-2)5-6-15-11/h3-6,10H,12H2,1-2H3. The zero-order valence-corrected chi connectivity index (χ0v) is 9.51. The molecule has 0 aromatic carbocycles. The van der Waals surface area contributed by atoms with Gasteiger partial charge in [0.1, 0.15) is 23.3 Å². The third-order valence-corrected chi connectivity index (χ3v) is 3.21. The topological polar surface area (TPSA) is 48.4 Å². The largest absolute Gasteiger partial charge is 0.496 e. The van der Waals surface area contributed by atoms with E-state index in [0.29, 0.717) is 0 Å². The van der Waals surface area contributed by atoms with Crippen molar-refractivity contribution in [3.63, 3.8) is 0 Å². The third kappa shape index (κ3) is 1.91. The van der Waals surface area contributed by atoms with Crippen LogP contribution in [0.15, 0.2) is 28.0 Å². The Balaban J connectivity index is 2.31. The first-order valence-corrected chi connectivity index (χ1v) is 5.53. The highest BCUT2D eigenvalue weighted by Crippen LogP contribution is 2.33. The summed E-state index contributed by atoms with van der Waals surface area (Å²) in [6, 6.07) is 5.48. The number of ether oxygens (including phenoxy) is 1. The second-order valence-corrected chi connectivity index (χ2v) is 4.23. The summed E-state index contributed by atoms with van der Waals surface area (Å²) in [7, 11) is 1.64. The third-order valence-electron chi connectivity index (χ3n) is 2.23. The molecule has 0 saturated heterocycles. The van der Waals surface area contributed by atoms with Gasteiger partial charge < -0.3 is 14.9 Å². The van der Waals surface area contributed by atoms with Crippen molar-refractivity contribution in [1.82, 2.24) is 0 Å². The Labute approximate surface area is 92.5 Å². The van der Waals surface area contributed by atoms with E-state index < -0.39 is 0 Å². The van der Waals surface area contributed by atoms with Crippen molar-refractivity contribution in [2.75, 3.05) is 7.11 Å². The lowest BCUT2D eigenvalue weighted by atomic mass is 10.2. The fourth-order valence-electron chi connectivity index (χ4n) is 1.45. The molecule has 2 rings (SSSR count). The minimum absolute atomic E-state index is 0.242. The monoisotopic (exact) mass is 223 g/mol. The number of hydrogen-bond acceptors (Lipinski definition) is 4. The van der Waals surface area contributed by atoms with Crippen molar-refractivity contribution >= 4 is 11.3 Å². The van der Waals surface area contributed by atoms with Gasteiger partial charge in [0.05, 0.1) is 12.0 Å². The first-order chi connectivity index (χ1) is 7.22. The van der Waals surface area contributed by atoms with Gasteiger partial charge in [0.15, 0.2) is 0 Å². The molecule has 0 aliphatic heterocycles. The maximum absolute atomic E-state index is 6.09. The van der Waals surface area contributed by atoms with Crippen LogP contribution < -0.4 is 10.5 Å². The molecule has 0 radical (unpaired) electrons. The van der Waals surface area contributed by atoms with Crippen LogP contribution in [-0.2, 0) is 0 Å². The molecule has 1 atom stereocenters. The summed E-state index contributed by atoms with van der Waals surface area (Å²) >= 11 is 1.58. The van der Waals surface area contributed by atoms with Gasteiger partial charge in [0, 0.05) is 0 Å². The van der Waals surface area contributed by atoms with Gasteiger partial charge in [-0.05, 0) is 30.5 Å². The predicted octanol–water partition coefficient (Wildman–Crippen LogP) is 2.71. The molecule has 2 N–H and O–H groups in total. The molecule has 1 unspecified atom stereocenters. The second kappa shape index (κ2) is 4.08. The minimum Gasteiger partial charge on any atom is -0.496 e. The molecular formula is C11H13NO2S. The van der Waals surface area contributed by atoms with E-state index >= 15 is 0 Å². The van der Waals surface area contributed by atoms with E-state index in [1.807, 2.05) is 30.5 Å². The molecule has 0 aliphatic rings. The molecule has 0 amide bonds. The fraction of sp³-hybridized carbons (Fsp3) is 0.273. The Kier molecular flexibility index (Phi) is 2.79. The van der Waals surface area contributed by atoms with Crippen LogP contribution in [0.25, 0.3) is 0 Å². The van der Waals surface area contributed by atoms with E-state index in [0.717, 1.165) is 22.1 Å². The molecule has 80 valence electrons. The van der Waals surface area contributed by atoms with Crippen molar-refractivity contribution in [3.05, 3.63) is 40.0 Å². The molecule has 2 aromatic heterocycles. The second-order valence-electron chi connectivity index (χ2n) is 3.28. The lowest BCUT2D eigenvalue weighted by molar-refractivity contribution is 0.405. The Hall–Kier alpha value is -1.26. The average Bonchev–Trinajstić information content (AvgIpc) is 2.84. The van der Waals surface area contributed by atoms with Crippen molar-refractivity contribution < 1.29 is 9.15 Å². The summed E-state index contributed by atoms with van der Waals surface area (Å²) in [5, 5.41) is 1.96. The van der Waals surface area contributed by atoms with E-state index in [2.05, 4.69) is 0 Å². The van der Waals surface area contributed by atoms with E-state index in [-0.39, 0.29) is 6.04 Å². The van der Waals surface area contributed by atoms with Crippen LogP contribution in [0.3, 0.4) is 0 Å².